The van der Waals surface area contributed by atoms with Crippen LogP contribution in [0.15, 0.2) is 84.9 Å². The molecule has 0 saturated heterocycles. The zero-order chi connectivity index (χ0) is 31.3. The molecule has 0 bridgehead atoms. The average Bonchev–Trinajstić information content (AvgIpc) is 2.97. The molecule has 0 unspecified atom stereocenters. The highest BCUT2D eigenvalue weighted by Gasteiger charge is 2.21. The maximum Gasteiger partial charge on any atom is 0.277 e. The molecule has 0 spiro atoms. The molecule has 0 radical (unpaired) electrons. The monoisotopic (exact) mass is 588 g/mol. The number of nitro groups is 4. The number of non-ortho nitro benzene ring substituents is 4. The normalized spacial score (nSPS) is 10.3. The molecule has 4 aromatic carbocycles. The molecule has 216 valence electrons. The van der Waals surface area contributed by atoms with Crippen molar-refractivity contribution >= 4 is 45.9 Å². The van der Waals surface area contributed by atoms with Crippen LogP contribution < -0.4 is 15.4 Å². The molecule has 4 aromatic rings. The summed E-state index contributed by atoms with van der Waals surface area (Å²) in [5.74, 6) is -1.11. The van der Waals surface area contributed by atoms with E-state index < -0.39 is 54.3 Å². The topological polar surface area (TPSA) is 240 Å². The van der Waals surface area contributed by atoms with E-state index in [2.05, 4.69) is 10.6 Å². The minimum atomic E-state index is -0.852. The number of carbonyl (C=O) groups is 2. The first-order valence-corrected chi connectivity index (χ1v) is 11.8. The molecule has 43 heavy (non-hydrogen) atoms. The number of hydrogen-bond acceptors (Lipinski definition) is 11. The van der Waals surface area contributed by atoms with Gasteiger partial charge in [-0.3, -0.25) is 50.0 Å². The lowest BCUT2D eigenvalue weighted by molar-refractivity contribution is -0.394. The number of rotatable bonds is 10. The van der Waals surface area contributed by atoms with E-state index in [-0.39, 0.29) is 28.3 Å². The SMILES string of the molecule is O=C(Nc1ccc(Oc2cccc(NC(=O)c3cc([N+](=O)[O-])cc([N+](=O)[O-])c3)c2)cc1)c1cc([N+](=O)[O-])cc([N+](=O)[O-])c1. The van der Waals surface area contributed by atoms with Gasteiger partial charge >= 0.3 is 0 Å². The van der Waals surface area contributed by atoms with Crippen molar-refractivity contribution in [3.63, 3.8) is 0 Å². The van der Waals surface area contributed by atoms with E-state index in [1.54, 1.807) is 6.07 Å². The third-order valence-corrected chi connectivity index (χ3v) is 5.61. The van der Waals surface area contributed by atoms with Crippen LogP contribution in [-0.2, 0) is 0 Å². The summed E-state index contributed by atoms with van der Waals surface area (Å²) in [6.07, 6.45) is 0. The average molecular weight is 588 g/mol. The number of benzene rings is 4. The third kappa shape index (κ3) is 7.25. The molecule has 0 saturated carbocycles. The van der Waals surface area contributed by atoms with Gasteiger partial charge in [-0.2, -0.15) is 0 Å². The molecular weight excluding hydrogens is 572 g/mol. The number of nitrogens with zero attached hydrogens (tertiary/aromatic N) is 4. The van der Waals surface area contributed by atoms with Gasteiger partial charge in [-0.15, -0.1) is 0 Å². The second kappa shape index (κ2) is 12.2. The maximum absolute atomic E-state index is 12.7. The van der Waals surface area contributed by atoms with Crippen molar-refractivity contribution in [1.29, 1.82) is 0 Å². The van der Waals surface area contributed by atoms with Gasteiger partial charge in [0.25, 0.3) is 34.6 Å². The summed E-state index contributed by atoms with van der Waals surface area (Å²) < 4.78 is 5.74. The molecule has 0 aromatic heterocycles. The number of amides is 2. The summed E-state index contributed by atoms with van der Waals surface area (Å²) in [5.41, 5.74) is -2.61. The van der Waals surface area contributed by atoms with Crippen LogP contribution >= 0.6 is 0 Å². The van der Waals surface area contributed by atoms with Crippen molar-refractivity contribution in [2.45, 2.75) is 0 Å². The van der Waals surface area contributed by atoms with E-state index in [0.29, 0.717) is 5.75 Å². The molecule has 0 fully saturated rings. The Balaban J connectivity index is 1.44. The smallest absolute Gasteiger partial charge is 0.277 e. The first-order chi connectivity index (χ1) is 20.4. The van der Waals surface area contributed by atoms with Crippen molar-refractivity contribution < 1.29 is 34.0 Å². The quantitative estimate of drug-likeness (QED) is 0.170. The van der Waals surface area contributed by atoms with Crippen molar-refractivity contribution in [2.24, 2.45) is 0 Å². The largest absolute Gasteiger partial charge is 0.457 e. The summed E-state index contributed by atoms with van der Waals surface area (Å²) in [4.78, 5) is 66.2. The fourth-order valence-corrected chi connectivity index (χ4v) is 3.66. The van der Waals surface area contributed by atoms with Crippen LogP contribution in [0.5, 0.6) is 11.5 Å². The molecule has 0 aliphatic rings. The Morgan fingerprint density at radius 1 is 0.512 bits per heavy atom. The van der Waals surface area contributed by atoms with E-state index in [0.717, 1.165) is 36.4 Å². The van der Waals surface area contributed by atoms with Gasteiger partial charge in [0, 0.05) is 41.7 Å². The van der Waals surface area contributed by atoms with Gasteiger partial charge in [0.05, 0.1) is 43.0 Å². The Labute approximate surface area is 238 Å². The molecule has 0 aliphatic carbocycles. The van der Waals surface area contributed by atoms with Crippen LogP contribution in [0.1, 0.15) is 20.7 Å². The van der Waals surface area contributed by atoms with Gasteiger partial charge in [-0.25, -0.2) is 0 Å². The first-order valence-electron chi connectivity index (χ1n) is 11.8. The van der Waals surface area contributed by atoms with Crippen LogP contribution in [0.25, 0.3) is 0 Å². The number of anilines is 2. The first kappa shape index (κ1) is 29.2. The maximum atomic E-state index is 12.7. The van der Waals surface area contributed by atoms with Gasteiger partial charge in [0.2, 0.25) is 0 Å². The fourth-order valence-electron chi connectivity index (χ4n) is 3.66. The Morgan fingerprint density at radius 3 is 1.35 bits per heavy atom. The van der Waals surface area contributed by atoms with Crippen LogP contribution in [0, 0.1) is 40.5 Å². The van der Waals surface area contributed by atoms with Gasteiger partial charge in [0.1, 0.15) is 11.5 Å². The second-order valence-electron chi connectivity index (χ2n) is 8.57. The summed E-state index contributed by atoms with van der Waals surface area (Å²) in [5, 5.41) is 49.3. The van der Waals surface area contributed by atoms with E-state index in [1.807, 2.05) is 0 Å². The van der Waals surface area contributed by atoms with Gasteiger partial charge in [0.15, 0.2) is 0 Å². The Hall–Kier alpha value is -6.78. The number of hydrogen-bond donors (Lipinski definition) is 2. The van der Waals surface area contributed by atoms with Crippen molar-refractivity contribution in [1.82, 2.24) is 0 Å². The number of ether oxygens (including phenoxy) is 1. The fraction of sp³-hybridized carbons (Fsp3) is 0. The summed E-state index contributed by atoms with van der Waals surface area (Å²) >= 11 is 0. The molecule has 0 aliphatic heterocycles. The van der Waals surface area contributed by atoms with Crippen molar-refractivity contribution in [3.8, 4) is 11.5 Å². The minimum absolute atomic E-state index is 0.214. The van der Waals surface area contributed by atoms with Crippen LogP contribution in [-0.4, -0.2) is 31.5 Å². The van der Waals surface area contributed by atoms with E-state index in [9.17, 15) is 50.0 Å². The number of nitrogens with one attached hydrogen (secondary N) is 2. The summed E-state index contributed by atoms with van der Waals surface area (Å²) in [6, 6.07) is 16.9. The lowest BCUT2D eigenvalue weighted by atomic mass is 10.1. The predicted octanol–water partition coefficient (Wildman–Crippen LogP) is 5.62. The molecule has 0 atom stereocenters. The van der Waals surface area contributed by atoms with Crippen LogP contribution in [0.3, 0.4) is 0 Å². The number of nitro benzene ring substituents is 4. The van der Waals surface area contributed by atoms with E-state index in [1.165, 1.54) is 42.5 Å². The highest BCUT2D eigenvalue weighted by molar-refractivity contribution is 6.06. The second-order valence-corrected chi connectivity index (χ2v) is 8.57. The van der Waals surface area contributed by atoms with E-state index >= 15 is 0 Å². The third-order valence-electron chi connectivity index (χ3n) is 5.61. The Kier molecular flexibility index (Phi) is 8.27. The highest BCUT2D eigenvalue weighted by atomic mass is 16.6. The van der Waals surface area contributed by atoms with Crippen LogP contribution in [0.4, 0.5) is 34.1 Å². The minimum Gasteiger partial charge on any atom is -0.457 e. The van der Waals surface area contributed by atoms with Gasteiger partial charge in [-0.05, 0) is 36.4 Å². The van der Waals surface area contributed by atoms with Gasteiger partial charge in [-0.1, -0.05) is 6.07 Å². The Morgan fingerprint density at radius 2 is 0.930 bits per heavy atom. The lowest BCUT2D eigenvalue weighted by Crippen LogP contribution is -2.12. The molecule has 2 amide bonds. The molecule has 0 heterocycles. The standard InChI is InChI=1S/C26H16N6O11/c33-25(15-8-19(29(35)36)13-20(9-15)30(37)38)27-17-4-6-23(7-5-17)43-24-3-1-2-18(12-24)28-26(34)16-10-21(31(39)40)14-22(11-16)32(41)42/h1-14H,(H,27,33)(H,28,34). The van der Waals surface area contributed by atoms with E-state index in [4.69, 9.17) is 4.74 Å². The van der Waals surface area contributed by atoms with Gasteiger partial charge < -0.3 is 15.4 Å². The lowest BCUT2D eigenvalue weighted by Gasteiger charge is -2.10. The molecule has 4 rings (SSSR count). The van der Waals surface area contributed by atoms with Crippen molar-refractivity contribution in [2.75, 3.05) is 10.6 Å². The molecule has 17 heteroatoms. The zero-order valence-corrected chi connectivity index (χ0v) is 21.4. The zero-order valence-electron chi connectivity index (χ0n) is 21.4. The summed E-state index contributed by atoms with van der Waals surface area (Å²) in [6.45, 7) is 0. The highest BCUT2D eigenvalue weighted by Crippen LogP contribution is 2.28. The predicted molar refractivity (Wildman–Crippen MR) is 148 cm³/mol. The van der Waals surface area contributed by atoms with Crippen LogP contribution in [0.2, 0.25) is 0 Å². The Bertz CT molecular complexity index is 1740. The van der Waals surface area contributed by atoms with Crippen molar-refractivity contribution in [3.05, 3.63) is 137 Å². The molecule has 17 nitrogen and oxygen atoms in total. The summed E-state index contributed by atoms with van der Waals surface area (Å²) in [7, 11) is 0. The number of carbonyl (C=O) groups excluding carboxylic acids is 2. The molecular formula is C26H16N6O11. The molecule has 2 N–H and O–H groups in total.